The number of nitrogens with zero attached hydrogens (tertiary/aromatic N) is 2. The average Bonchev–Trinajstić information content (AvgIpc) is 3.50. The van der Waals surface area contributed by atoms with Gasteiger partial charge in [0, 0.05) is 42.9 Å². The maximum atomic E-state index is 11.9. The highest BCUT2D eigenvalue weighted by atomic mass is 79.9. The summed E-state index contributed by atoms with van der Waals surface area (Å²) < 4.78 is 4.27. The molecule has 3 nitrogen and oxygen atoms in total. The number of carbonyl (C=O) groups is 1. The summed E-state index contributed by atoms with van der Waals surface area (Å²) in [5.74, 6) is 1.57. The molecule has 0 amide bonds. The van der Waals surface area contributed by atoms with Crippen LogP contribution in [0.2, 0.25) is 0 Å². The van der Waals surface area contributed by atoms with Gasteiger partial charge in [-0.15, -0.1) is 0 Å². The van der Waals surface area contributed by atoms with E-state index in [1.807, 2.05) is 35.9 Å². The Balaban J connectivity index is 0.000000165. The average molecular weight is 469 g/mol. The zero-order valence-corrected chi connectivity index (χ0v) is 19.6. The Morgan fingerprint density at radius 1 is 1.00 bits per heavy atom. The van der Waals surface area contributed by atoms with Gasteiger partial charge in [0.2, 0.25) is 12.3 Å². The predicted molar refractivity (Wildman–Crippen MR) is 117 cm³/mol. The summed E-state index contributed by atoms with van der Waals surface area (Å²) in [5, 5.41) is 0. The molecule has 2 saturated carbocycles. The zero-order valence-electron chi connectivity index (χ0n) is 18.0. The van der Waals surface area contributed by atoms with Gasteiger partial charge < -0.3 is 21.4 Å². The number of aryl methyl sites for hydroxylation is 1. The van der Waals surface area contributed by atoms with Crippen LogP contribution in [0.15, 0.2) is 61.1 Å². The van der Waals surface area contributed by atoms with Crippen molar-refractivity contribution in [1.82, 2.24) is 4.40 Å². The first-order valence-corrected chi connectivity index (χ1v) is 11.2. The van der Waals surface area contributed by atoms with Gasteiger partial charge in [0.25, 0.3) is 0 Å². The van der Waals surface area contributed by atoms with E-state index in [1.54, 1.807) is 0 Å². The van der Waals surface area contributed by atoms with Crippen LogP contribution in [0.3, 0.4) is 0 Å². The Morgan fingerprint density at radius 2 is 1.70 bits per heavy atom. The van der Waals surface area contributed by atoms with Crippen LogP contribution in [0.1, 0.15) is 68.5 Å². The number of hydrogen-bond donors (Lipinski definition) is 0. The predicted octanol–water partition coefficient (Wildman–Crippen LogP) is 2.64. The smallest absolute Gasteiger partial charge is 0.206 e. The molecule has 30 heavy (non-hydrogen) atoms. The van der Waals surface area contributed by atoms with Crippen molar-refractivity contribution in [3.63, 3.8) is 0 Å². The molecule has 0 unspecified atom stereocenters. The van der Waals surface area contributed by atoms with Crippen molar-refractivity contribution in [1.29, 1.82) is 0 Å². The van der Waals surface area contributed by atoms with Gasteiger partial charge >= 0.3 is 0 Å². The maximum Gasteiger partial charge on any atom is 0.206 e. The molecule has 0 saturated heterocycles. The Bertz CT molecular complexity index is 919. The topological polar surface area (TPSA) is 25.4 Å². The quantitative estimate of drug-likeness (QED) is 0.540. The summed E-state index contributed by atoms with van der Waals surface area (Å²) in [6, 6.07) is 14.7. The van der Waals surface area contributed by atoms with E-state index >= 15 is 0 Å². The number of hydrogen-bond acceptors (Lipinski definition) is 1. The van der Waals surface area contributed by atoms with E-state index in [-0.39, 0.29) is 17.0 Å². The number of aromatic nitrogens is 2. The van der Waals surface area contributed by atoms with Gasteiger partial charge in [-0.3, -0.25) is 4.79 Å². The fraction of sp³-hybridized carbons (Fsp3) is 0.462. The van der Waals surface area contributed by atoms with Crippen molar-refractivity contribution in [3.05, 3.63) is 72.3 Å². The van der Waals surface area contributed by atoms with Crippen molar-refractivity contribution in [2.45, 2.75) is 70.8 Å². The van der Waals surface area contributed by atoms with Gasteiger partial charge in [0.05, 0.1) is 0 Å². The van der Waals surface area contributed by atoms with E-state index in [4.69, 9.17) is 0 Å². The van der Waals surface area contributed by atoms with Gasteiger partial charge in [0.1, 0.15) is 0 Å². The highest BCUT2D eigenvalue weighted by Gasteiger charge is 2.25. The van der Waals surface area contributed by atoms with E-state index < -0.39 is 0 Å². The minimum absolute atomic E-state index is 0. The lowest BCUT2D eigenvalue weighted by atomic mass is 10.0. The molecule has 4 heteroatoms. The number of carbonyl (C=O) groups excluding carboxylic acids is 1. The van der Waals surface area contributed by atoms with Crippen molar-refractivity contribution in [2.24, 2.45) is 5.92 Å². The minimum atomic E-state index is 0. The van der Waals surface area contributed by atoms with Crippen molar-refractivity contribution >= 4 is 11.3 Å². The summed E-state index contributed by atoms with van der Waals surface area (Å²) in [6.45, 7) is 2.60. The van der Waals surface area contributed by atoms with E-state index in [1.165, 1.54) is 49.6 Å². The van der Waals surface area contributed by atoms with Crippen LogP contribution in [-0.4, -0.2) is 10.2 Å². The van der Waals surface area contributed by atoms with Gasteiger partial charge in [-0.25, -0.2) is 0 Å². The Morgan fingerprint density at radius 3 is 2.40 bits per heavy atom. The molecule has 3 aromatic rings. The summed E-state index contributed by atoms with van der Waals surface area (Å²) in [5.41, 5.74) is 4.02. The highest BCUT2D eigenvalue weighted by molar-refractivity contribution is 5.79. The lowest BCUT2D eigenvalue weighted by Crippen LogP contribution is -3.00. The lowest BCUT2D eigenvalue weighted by molar-refractivity contribution is -0.690. The van der Waals surface area contributed by atoms with Crippen LogP contribution in [-0.2, 0) is 11.3 Å². The van der Waals surface area contributed by atoms with Crippen molar-refractivity contribution in [3.8, 4) is 0 Å². The standard InChI is InChI=1S/C13H18NO.C13H15N.BrH/c1-11-6-4-5-9-14(11)10-13(15)12-7-2-3-8-12;1-2-6-11(5-1)12-9-13-7-3-4-8-14(13)10-12;/h4-6,9,12H,2-3,7-8,10H2,1H3;3-4,7-11H,1-2,5-6H2;1H/q+1;;/p-1. The van der Waals surface area contributed by atoms with Crippen LogP contribution in [0, 0.1) is 12.8 Å². The molecular formula is C26H33BrN2O. The second kappa shape index (κ2) is 10.9. The van der Waals surface area contributed by atoms with E-state index in [0.717, 1.165) is 24.5 Å². The van der Waals surface area contributed by atoms with Crippen LogP contribution in [0.5, 0.6) is 0 Å². The van der Waals surface area contributed by atoms with E-state index in [2.05, 4.69) is 41.1 Å². The Hall–Kier alpha value is -1.94. The van der Waals surface area contributed by atoms with Gasteiger partial charge in [-0.2, -0.15) is 4.57 Å². The normalized spacial score (nSPS) is 16.8. The first kappa shape index (κ1) is 22.7. The third-order valence-corrected chi connectivity index (χ3v) is 6.66. The monoisotopic (exact) mass is 468 g/mol. The fourth-order valence-corrected chi connectivity index (χ4v) is 4.84. The minimum Gasteiger partial charge on any atom is -1.00 e. The van der Waals surface area contributed by atoms with Gasteiger partial charge in [-0.1, -0.05) is 37.8 Å². The molecule has 3 aromatic heterocycles. The molecule has 5 rings (SSSR count). The summed E-state index contributed by atoms with van der Waals surface area (Å²) >= 11 is 0. The molecular weight excluding hydrogens is 436 g/mol. The molecule has 0 aromatic carbocycles. The molecule has 160 valence electrons. The second-order valence-corrected chi connectivity index (χ2v) is 8.71. The van der Waals surface area contributed by atoms with Crippen LogP contribution in [0.25, 0.3) is 5.52 Å². The third-order valence-electron chi connectivity index (χ3n) is 6.66. The first-order valence-electron chi connectivity index (χ1n) is 11.2. The van der Waals surface area contributed by atoms with E-state index in [9.17, 15) is 4.79 Å². The molecule has 0 N–H and O–H groups in total. The Kier molecular flexibility index (Phi) is 8.26. The number of fused-ring (bicyclic) bond motifs is 1. The van der Waals surface area contributed by atoms with Crippen LogP contribution < -0.4 is 21.5 Å². The molecule has 0 spiro atoms. The molecule has 0 atom stereocenters. The third kappa shape index (κ3) is 5.60. The number of ketones is 1. The Labute approximate surface area is 190 Å². The number of pyridine rings is 2. The van der Waals surface area contributed by atoms with Gasteiger partial charge in [0.15, 0.2) is 11.9 Å². The maximum absolute atomic E-state index is 11.9. The molecule has 3 heterocycles. The fourth-order valence-electron chi connectivity index (χ4n) is 4.84. The molecule has 2 fully saturated rings. The molecule has 2 aliphatic carbocycles. The lowest BCUT2D eigenvalue weighted by Gasteiger charge is -2.05. The zero-order chi connectivity index (χ0) is 20.1. The van der Waals surface area contributed by atoms with Crippen LogP contribution in [0.4, 0.5) is 0 Å². The number of halogens is 1. The highest BCUT2D eigenvalue weighted by Crippen LogP contribution is 2.34. The SMILES string of the molecule is Cc1cccc[n+]1CC(=O)C1CCCC1.[Br-].c1ccn2cc(C3CCCC3)cc2c1. The van der Waals surface area contributed by atoms with E-state index in [0.29, 0.717) is 18.2 Å². The van der Waals surface area contributed by atoms with Crippen molar-refractivity contribution < 1.29 is 26.3 Å². The molecule has 2 aliphatic rings. The second-order valence-electron chi connectivity index (χ2n) is 8.71. The summed E-state index contributed by atoms with van der Waals surface area (Å²) in [6.07, 6.45) is 16.7. The molecule has 0 bridgehead atoms. The van der Waals surface area contributed by atoms with Crippen LogP contribution >= 0.6 is 0 Å². The summed E-state index contributed by atoms with van der Waals surface area (Å²) in [4.78, 5) is 11.9. The first-order chi connectivity index (χ1) is 14.2. The van der Waals surface area contributed by atoms with Crippen molar-refractivity contribution in [2.75, 3.05) is 0 Å². The van der Waals surface area contributed by atoms with Gasteiger partial charge in [-0.05, 0) is 55.4 Å². The number of Topliss-reactive ketones (excluding diaryl/α,β-unsaturated/α-hetero) is 1. The molecule has 0 aliphatic heterocycles. The number of rotatable bonds is 4. The molecule has 0 radical (unpaired) electrons. The largest absolute Gasteiger partial charge is 1.00 e. The summed E-state index contributed by atoms with van der Waals surface area (Å²) in [7, 11) is 0.